The number of ether oxygens (including phenoxy) is 1. The Balaban J connectivity index is 0.00000225. The topological polar surface area (TPSA) is 36.9 Å². The Kier molecular flexibility index (Phi) is 7.30. The average Bonchev–Trinajstić information content (AvgIpc) is 2.67. The minimum absolute atomic E-state index is 0. The fourth-order valence-corrected chi connectivity index (χ4v) is 1.82. The number of rotatable bonds is 5. The highest BCUT2D eigenvalue weighted by Crippen LogP contribution is 2.18. The predicted octanol–water partition coefficient (Wildman–Crippen LogP) is 1.70. The standard InChI is InChI=1S/C11H23N3O.HI/c1-5-11(6-2,15-4)9-13-10-12-7-8-14(10)3;/h5-9H2,1-4H3,(H,12,13);1H. The van der Waals surface area contributed by atoms with Gasteiger partial charge >= 0.3 is 0 Å². The summed E-state index contributed by atoms with van der Waals surface area (Å²) in [6.45, 7) is 7.07. The summed E-state index contributed by atoms with van der Waals surface area (Å²) in [5.41, 5.74) is -0.0497. The van der Waals surface area contributed by atoms with Gasteiger partial charge in [-0.1, -0.05) is 13.8 Å². The number of halogens is 1. The van der Waals surface area contributed by atoms with Crippen molar-refractivity contribution in [3.8, 4) is 0 Å². The zero-order valence-electron chi connectivity index (χ0n) is 10.7. The molecule has 0 amide bonds. The summed E-state index contributed by atoms with van der Waals surface area (Å²) >= 11 is 0. The lowest BCUT2D eigenvalue weighted by Crippen LogP contribution is -2.46. The number of nitrogens with one attached hydrogen (secondary N) is 1. The zero-order valence-corrected chi connectivity index (χ0v) is 13.1. The summed E-state index contributed by atoms with van der Waals surface area (Å²) in [5, 5.41) is 3.38. The van der Waals surface area contributed by atoms with E-state index in [1.807, 2.05) is 0 Å². The molecule has 0 saturated heterocycles. The van der Waals surface area contributed by atoms with Crippen molar-refractivity contribution in [2.75, 3.05) is 33.8 Å². The van der Waals surface area contributed by atoms with Crippen LogP contribution in [-0.2, 0) is 4.74 Å². The molecule has 5 heteroatoms. The van der Waals surface area contributed by atoms with Gasteiger partial charge in [0.25, 0.3) is 0 Å². The third-order valence-corrected chi connectivity index (χ3v) is 3.35. The molecule has 0 aromatic rings. The molecule has 1 rings (SSSR count). The maximum absolute atomic E-state index is 5.60. The van der Waals surface area contributed by atoms with Crippen molar-refractivity contribution in [1.29, 1.82) is 0 Å². The summed E-state index contributed by atoms with van der Waals surface area (Å²) in [6, 6.07) is 0. The van der Waals surface area contributed by atoms with E-state index in [-0.39, 0.29) is 29.6 Å². The highest BCUT2D eigenvalue weighted by Gasteiger charge is 2.26. The number of hydrogen-bond donors (Lipinski definition) is 1. The molecule has 1 aliphatic rings. The van der Waals surface area contributed by atoms with Crippen molar-refractivity contribution in [1.82, 2.24) is 10.2 Å². The predicted molar refractivity (Wildman–Crippen MR) is 78.7 cm³/mol. The maximum atomic E-state index is 5.60. The Morgan fingerprint density at radius 1 is 1.44 bits per heavy atom. The van der Waals surface area contributed by atoms with Gasteiger partial charge in [-0.15, -0.1) is 24.0 Å². The minimum Gasteiger partial charge on any atom is -0.376 e. The quantitative estimate of drug-likeness (QED) is 0.774. The Hall–Kier alpha value is -0.0400. The van der Waals surface area contributed by atoms with Gasteiger partial charge in [-0.3, -0.25) is 4.99 Å². The molecular formula is C11H24IN3O. The largest absolute Gasteiger partial charge is 0.376 e. The van der Waals surface area contributed by atoms with Crippen LogP contribution in [0.5, 0.6) is 0 Å². The maximum Gasteiger partial charge on any atom is 0.193 e. The van der Waals surface area contributed by atoms with Gasteiger partial charge in [0.15, 0.2) is 5.96 Å². The molecule has 1 heterocycles. The molecule has 1 N–H and O–H groups in total. The number of likely N-dealkylation sites (N-methyl/N-ethyl adjacent to an activating group) is 1. The average molecular weight is 341 g/mol. The van der Waals surface area contributed by atoms with Gasteiger partial charge in [-0.2, -0.15) is 0 Å². The van der Waals surface area contributed by atoms with E-state index in [0.29, 0.717) is 0 Å². The summed E-state index contributed by atoms with van der Waals surface area (Å²) in [7, 11) is 3.85. The van der Waals surface area contributed by atoms with Crippen LogP contribution >= 0.6 is 24.0 Å². The van der Waals surface area contributed by atoms with Crippen molar-refractivity contribution in [2.24, 2.45) is 4.99 Å². The minimum atomic E-state index is -0.0497. The van der Waals surface area contributed by atoms with E-state index in [1.54, 1.807) is 7.11 Å². The van der Waals surface area contributed by atoms with E-state index in [2.05, 4.69) is 36.1 Å². The SMILES string of the molecule is CCC(CC)(CNC1=NCCN1C)OC.I. The Labute approximate surface area is 116 Å². The lowest BCUT2D eigenvalue weighted by Gasteiger charge is -2.31. The Morgan fingerprint density at radius 2 is 2.06 bits per heavy atom. The van der Waals surface area contributed by atoms with Crippen LogP contribution in [0.4, 0.5) is 0 Å². The van der Waals surface area contributed by atoms with Crippen molar-refractivity contribution < 1.29 is 4.74 Å². The van der Waals surface area contributed by atoms with Crippen molar-refractivity contribution in [3.63, 3.8) is 0 Å². The molecule has 0 saturated carbocycles. The molecule has 4 nitrogen and oxygen atoms in total. The fraction of sp³-hybridized carbons (Fsp3) is 0.909. The molecule has 0 unspecified atom stereocenters. The first kappa shape index (κ1) is 16.0. The normalized spacial score (nSPS) is 15.8. The second kappa shape index (κ2) is 7.32. The van der Waals surface area contributed by atoms with E-state index < -0.39 is 0 Å². The zero-order chi connectivity index (χ0) is 11.3. The molecule has 0 aliphatic carbocycles. The highest BCUT2D eigenvalue weighted by molar-refractivity contribution is 14.0. The van der Waals surface area contributed by atoms with Gasteiger partial charge in [-0.25, -0.2) is 0 Å². The molecule has 96 valence electrons. The molecule has 0 atom stereocenters. The molecular weight excluding hydrogens is 317 g/mol. The van der Waals surface area contributed by atoms with Crippen molar-refractivity contribution in [3.05, 3.63) is 0 Å². The van der Waals surface area contributed by atoms with Crippen LogP contribution in [0.25, 0.3) is 0 Å². The van der Waals surface area contributed by atoms with Crippen LogP contribution in [0, 0.1) is 0 Å². The first-order chi connectivity index (χ1) is 7.17. The number of nitrogens with zero attached hydrogens (tertiary/aromatic N) is 2. The highest BCUT2D eigenvalue weighted by atomic mass is 127. The monoisotopic (exact) mass is 341 g/mol. The van der Waals surface area contributed by atoms with Gasteiger partial charge in [0.1, 0.15) is 0 Å². The number of methoxy groups -OCH3 is 1. The van der Waals surface area contributed by atoms with Gasteiger partial charge in [0.05, 0.1) is 12.1 Å². The van der Waals surface area contributed by atoms with Gasteiger partial charge in [0, 0.05) is 27.2 Å². The smallest absolute Gasteiger partial charge is 0.193 e. The summed E-state index contributed by atoms with van der Waals surface area (Å²) in [4.78, 5) is 6.54. The summed E-state index contributed by atoms with van der Waals surface area (Å²) < 4.78 is 5.60. The van der Waals surface area contributed by atoms with Crippen LogP contribution < -0.4 is 5.32 Å². The number of guanidine groups is 1. The van der Waals surface area contributed by atoms with Crippen molar-refractivity contribution >= 4 is 29.9 Å². The molecule has 16 heavy (non-hydrogen) atoms. The first-order valence-electron chi connectivity index (χ1n) is 5.72. The lowest BCUT2D eigenvalue weighted by atomic mass is 9.97. The molecule has 0 aromatic carbocycles. The molecule has 0 fully saturated rings. The number of aliphatic imine (C=N–C) groups is 1. The van der Waals surface area contributed by atoms with E-state index in [0.717, 1.165) is 38.4 Å². The molecule has 0 spiro atoms. The van der Waals surface area contributed by atoms with E-state index in [4.69, 9.17) is 4.74 Å². The lowest BCUT2D eigenvalue weighted by molar-refractivity contribution is -0.0126. The summed E-state index contributed by atoms with van der Waals surface area (Å²) in [6.07, 6.45) is 2.04. The van der Waals surface area contributed by atoms with Gasteiger partial charge in [-0.05, 0) is 12.8 Å². The summed E-state index contributed by atoms with van der Waals surface area (Å²) in [5.74, 6) is 0.998. The van der Waals surface area contributed by atoms with Gasteiger partial charge < -0.3 is 15.0 Å². The Morgan fingerprint density at radius 3 is 2.44 bits per heavy atom. The van der Waals surface area contributed by atoms with Crippen LogP contribution in [0.1, 0.15) is 26.7 Å². The molecule has 0 bridgehead atoms. The van der Waals surface area contributed by atoms with Gasteiger partial charge in [0.2, 0.25) is 0 Å². The third-order valence-electron chi connectivity index (χ3n) is 3.35. The first-order valence-corrected chi connectivity index (χ1v) is 5.72. The Bertz CT molecular complexity index is 221. The van der Waals surface area contributed by atoms with E-state index in [1.165, 1.54) is 0 Å². The van der Waals surface area contributed by atoms with E-state index in [9.17, 15) is 0 Å². The molecule has 1 aliphatic heterocycles. The van der Waals surface area contributed by atoms with Crippen LogP contribution in [-0.4, -0.2) is 50.3 Å². The number of hydrogen-bond acceptors (Lipinski definition) is 4. The fourth-order valence-electron chi connectivity index (χ4n) is 1.82. The van der Waals surface area contributed by atoms with Crippen LogP contribution in [0.15, 0.2) is 4.99 Å². The van der Waals surface area contributed by atoms with Crippen LogP contribution in [0.2, 0.25) is 0 Å². The second-order valence-corrected chi connectivity index (χ2v) is 4.07. The molecule has 0 radical (unpaired) electrons. The third kappa shape index (κ3) is 3.76. The van der Waals surface area contributed by atoms with E-state index >= 15 is 0 Å². The molecule has 0 aromatic heterocycles. The van der Waals surface area contributed by atoms with Crippen molar-refractivity contribution in [2.45, 2.75) is 32.3 Å². The second-order valence-electron chi connectivity index (χ2n) is 4.07. The van der Waals surface area contributed by atoms with Crippen LogP contribution in [0.3, 0.4) is 0 Å².